The molecule has 0 unspecified atom stereocenters. The molecule has 0 fully saturated rings. The first-order chi connectivity index (χ1) is 14.7. The second-order valence-electron chi connectivity index (χ2n) is 9.61. The smallest absolute Gasteiger partial charge is 0.254 e. The lowest BCUT2D eigenvalue weighted by Gasteiger charge is -2.39. The van der Waals surface area contributed by atoms with Crippen LogP contribution in [0.25, 0.3) is 0 Å². The topological polar surface area (TPSA) is 58.2 Å². The summed E-state index contributed by atoms with van der Waals surface area (Å²) in [5, 5.41) is 6.52. The van der Waals surface area contributed by atoms with E-state index < -0.39 is 0 Å². The van der Waals surface area contributed by atoms with Crippen molar-refractivity contribution in [2.75, 3.05) is 5.32 Å². The Kier molecular flexibility index (Phi) is 5.34. The van der Waals surface area contributed by atoms with Gasteiger partial charge in [-0.3, -0.25) is 9.59 Å². The van der Waals surface area contributed by atoms with Gasteiger partial charge in [0, 0.05) is 40.6 Å². The number of benzene rings is 2. The van der Waals surface area contributed by atoms with Gasteiger partial charge in [-0.25, -0.2) is 0 Å². The fraction of sp³-hybridized carbons (Fsp3) is 0.333. The molecule has 31 heavy (non-hydrogen) atoms. The number of allylic oxidation sites excluding steroid dienone is 3. The molecule has 1 aliphatic carbocycles. The number of carbonyl (C=O) groups is 2. The number of rotatable bonds is 3. The van der Waals surface area contributed by atoms with Crippen molar-refractivity contribution < 1.29 is 9.59 Å². The second-order valence-corrected chi connectivity index (χ2v) is 9.61. The van der Waals surface area contributed by atoms with Gasteiger partial charge in [0.05, 0.1) is 0 Å². The second kappa shape index (κ2) is 7.84. The van der Waals surface area contributed by atoms with Crippen LogP contribution >= 0.6 is 0 Å². The Balaban J connectivity index is 1.79. The van der Waals surface area contributed by atoms with E-state index in [0.717, 1.165) is 45.8 Å². The molecule has 1 aliphatic heterocycles. The first-order valence-corrected chi connectivity index (χ1v) is 10.8. The highest BCUT2D eigenvalue weighted by atomic mass is 16.2. The number of nitrogens with one attached hydrogen (secondary N) is 2. The van der Waals surface area contributed by atoms with Crippen LogP contribution in [0.5, 0.6) is 0 Å². The van der Waals surface area contributed by atoms with Gasteiger partial charge in [0.1, 0.15) is 0 Å². The van der Waals surface area contributed by atoms with Gasteiger partial charge in [0.25, 0.3) is 5.91 Å². The zero-order valence-electron chi connectivity index (χ0n) is 18.9. The normalized spacial score (nSPS) is 20.3. The number of dihydropyridines is 1. The minimum Gasteiger partial charge on any atom is -0.362 e. The summed E-state index contributed by atoms with van der Waals surface area (Å²) in [4.78, 5) is 26.9. The van der Waals surface area contributed by atoms with Gasteiger partial charge in [-0.15, -0.1) is 0 Å². The molecule has 1 atom stereocenters. The number of ketones is 1. The number of Topliss-reactive ketones (excluding diaryl/α,β-unsaturated/α-hetero) is 1. The molecule has 2 aromatic carbocycles. The maximum Gasteiger partial charge on any atom is 0.254 e. The van der Waals surface area contributed by atoms with Crippen molar-refractivity contribution in [1.29, 1.82) is 0 Å². The molecular formula is C27H30N2O2. The standard InChI is InChI=1S/C27H30N2O2/c1-16-11-12-20(17(2)13-16)29-26(31)23-18(3)28-21-14-27(4,5)15-22(30)25(21)24(23)19-9-7-6-8-10-19/h6-13,24,28H,14-15H2,1-5H3,(H,29,31)/t24-/m0/s1. The summed E-state index contributed by atoms with van der Waals surface area (Å²) in [5.74, 6) is -0.418. The lowest BCUT2D eigenvalue weighted by atomic mass is 9.68. The Morgan fingerprint density at radius 3 is 2.42 bits per heavy atom. The molecule has 4 nitrogen and oxygen atoms in total. The summed E-state index contributed by atoms with van der Waals surface area (Å²) >= 11 is 0. The average Bonchev–Trinajstić information content (AvgIpc) is 2.68. The maximum atomic E-state index is 13.6. The summed E-state index contributed by atoms with van der Waals surface area (Å²) in [6, 6.07) is 15.9. The zero-order valence-corrected chi connectivity index (χ0v) is 18.9. The summed E-state index contributed by atoms with van der Waals surface area (Å²) in [6.45, 7) is 10.2. The van der Waals surface area contributed by atoms with Crippen molar-refractivity contribution in [3.63, 3.8) is 0 Å². The molecule has 2 aliphatic rings. The molecule has 4 rings (SSSR count). The van der Waals surface area contributed by atoms with Crippen LogP contribution in [0.1, 0.15) is 56.2 Å². The lowest BCUT2D eigenvalue weighted by Crippen LogP contribution is -2.39. The Labute approximate surface area is 184 Å². The van der Waals surface area contributed by atoms with E-state index in [9.17, 15) is 9.59 Å². The van der Waals surface area contributed by atoms with E-state index in [4.69, 9.17) is 0 Å². The van der Waals surface area contributed by atoms with Gasteiger partial charge in [-0.1, -0.05) is 61.9 Å². The largest absolute Gasteiger partial charge is 0.362 e. The van der Waals surface area contributed by atoms with E-state index in [1.54, 1.807) is 0 Å². The number of aryl methyl sites for hydroxylation is 2. The summed E-state index contributed by atoms with van der Waals surface area (Å²) in [7, 11) is 0. The molecule has 160 valence electrons. The average molecular weight is 415 g/mol. The molecule has 1 heterocycles. The third kappa shape index (κ3) is 4.07. The number of anilines is 1. The predicted molar refractivity (Wildman–Crippen MR) is 125 cm³/mol. The third-order valence-corrected chi connectivity index (χ3v) is 6.25. The van der Waals surface area contributed by atoms with Crippen molar-refractivity contribution in [3.05, 3.63) is 87.8 Å². The van der Waals surface area contributed by atoms with E-state index in [1.165, 1.54) is 0 Å². The highest BCUT2D eigenvalue weighted by Gasteiger charge is 2.42. The molecule has 1 amide bonds. The van der Waals surface area contributed by atoms with Crippen LogP contribution in [-0.2, 0) is 9.59 Å². The Hall–Kier alpha value is -3.14. The van der Waals surface area contributed by atoms with Crippen molar-refractivity contribution >= 4 is 17.4 Å². The fourth-order valence-electron chi connectivity index (χ4n) is 4.86. The Morgan fingerprint density at radius 1 is 1.03 bits per heavy atom. The molecule has 0 aromatic heterocycles. The number of hydrogen-bond donors (Lipinski definition) is 2. The molecule has 0 spiro atoms. The summed E-state index contributed by atoms with van der Waals surface area (Å²) in [5.41, 5.74) is 6.94. The number of carbonyl (C=O) groups excluding carboxylic acids is 2. The molecule has 4 heteroatoms. The summed E-state index contributed by atoms with van der Waals surface area (Å²) in [6.07, 6.45) is 1.28. The molecule has 0 bridgehead atoms. The van der Waals surface area contributed by atoms with Crippen LogP contribution in [0.4, 0.5) is 5.69 Å². The van der Waals surface area contributed by atoms with Crippen molar-refractivity contribution in [2.24, 2.45) is 5.41 Å². The van der Waals surface area contributed by atoms with Gasteiger partial charge in [-0.2, -0.15) is 0 Å². The van der Waals surface area contributed by atoms with Gasteiger partial charge < -0.3 is 10.6 Å². The van der Waals surface area contributed by atoms with E-state index in [1.807, 2.05) is 63.2 Å². The van der Waals surface area contributed by atoms with E-state index in [2.05, 4.69) is 30.5 Å². The first-order valence-electron chi connectivity index (χ1n) is 10.8. The fourth-order valence-corrected chi connectivity index (χ4v) is 4.86. The minimum atomic E-state index is -0.369. The number of amides is 1. The Morgan fingerprint density at radius 2 is 1.74 bits per heavy atom. The van der Waals surface area contributed by atoms with Crippen molar-refractivity contribution in [3.8, 4) is 0 Å². The van der Waals surface area contributed by atoms with Gasteiger partial charge in [0.2, 0.25) is 0 Å². The molecule has 0 saturated carbocycles. The molecular weight excluding hydrogens is 384 g/mol. The number of hydrogen-bond acceptors (Lipinski definition) is 3. The maximum absolute atomic E-state index is 13.6. The highest BCUT2D eigenvalue weighted by Crippen LogP contribution is 2.46. The summed E-state index contributed by atoms with van der Waals surface area (Å²) < 4.78 is 0. The highest BCUT2D eigenvalue weighted by molar-refractivity contribution is 6.10. The van der Waals surface area contributed by atoms with Crippen LogP contribution < -0.4 is 10.6 Å². The Bertz CT molecular complexity index is 1120. The molecule has 2 N–H and O–H groups in total. The molecule has 0 saturated heterocycles. The van der Waals surface area contributed by atoms with Gasteiger partial charge in [0.15, 0.2) is 5.78 Å². The van der Waals surface area contributed by atoms with Crippen molar-refractivity contribution in [1.82, 2.24) is 5.32 Å². The van der Waals surface area contributed by atoms with Crippen LogP contribution in [0, 0.1) is 19.3 Å². The van der Waals surface area contributed by atoms with E-state index >= 15 is 0 Å². The SMILES string of the molecule is CC1=C(C(=O)Nc2ccc(C)cc2C)[C@H](c2ccccc2)C2=C(CC(C)(C)CC2=O)N1. The minimum absolute atomic E-state index is 0.0940. The van der Waals surface area contributed by atoms with Crippen LogP contribution in [0.3, 0.4) is 0 Å². The quantitative estimate of drug-likeness (QED) is 0.693. The van der Waals surface area contributed by atoms with Crippen LogP contribution in [0.2, 0.25) is 0 Å². The first kappa shape index (κ1) is 21.1. The zero-order chi connectivity index (χ0) is 22.3. The third-order valence-electron chi connectivity index (χ3n) is 6.25. The monoisotopic (exact) mass is 414 g/mol. The van der Waals surface area contributed by atoms with Gasteiger partial charge >= 0.3 is 0 Å². The van der Waals surface area contributed by atoms with Crippen LogP contribution in [-0.4, -0.2) is 11.7 Å². The van der Waals surface area contributed by atoms with Gasteiger partial charge in [-0.05, 0) is 49.8 Å². The molecule has 0 radical (unpaired) electrons. The predicted octanol–water partition coefficient (Wildman–Crippen LogP) is 5.55. The van der Waals surface area contributed by atoms with Crippen molar-refractivity contribution in [2.45, 2.75) is 53.4 Å². The van der Waals surface area contributed by atoms with Crippen LogP contribution in [0.15, 0.2) is 71.1 Å². The van der Waals surface area contributed by atoms with E-state index in [-0.39, 0.29) is 23.0 Å². The lowest BCUT2D eigenvalue weighted by molar-refractivity contribution is -0.118. The van der Waals surface area contributed by atoms with E-state index in [0.29, 0.717) is 12.0 Å². The molecule has 2 aromatic rings.